The second-order valence-corrected chi connectivity index (χ2v) is 5.99. The van der Waals surface area contributed by atoms with Crippen LogP contribution in [0.2, 0.25) is 0 Å². The number of carbonyl (C=O) groups is 1. The van der Waals surface area contributed by atoms with E-state index in [1.165, 1.54) is 11.3 Å². The van der Waals surface area contributed by atoms with Crippen LogP contribution in [0.3, 0.4) is 0 Å². The molecule has 2 aromatic heterocycles. The lowest BCUT2D eigenvalue weighted by atomic mass is 9.97. The van der Waals surface area contributed by atoms with Gasteiger partial charge in [0.2, 0.25) is 5.91 Å². The van der Waals surface area contributed by atoms with Crippen molar-refractivity contribution in [3.05, 3.63) is 29.7 Å². The van der Waals surface area contributed by atoms with Gasteiger partial charge in [-0.2, -0.15) is 0 Å². The minimum atomic E-state index is -0.0371. The quantitative estimate of drug-likeness (QED) is 0.940. The summed E-state index contributed by atoms with van der Waals surface area (Å²) in [6.45, 7) is 3.51. The van der Waals surface area contributed by atoms with Gasteiger partial charge in [-0.25, -0.2) is 9.97 Å². The number of aromatic nitrogens is 3. The molecular formula is C14H17N5OS. The van der Waals surface area contributed by atoms with Gasteiger partial charge in [0.25, 0.3) is 0 Å². The Kier molecular flexibility index (Phi) is 4.10. The zero-order chi connectivity index (χ0) is 14.7. The fourth-order valence-corrected chi connectivity index (χ4v) is 3.16. The van der Waals surface area contributed by atoms with E-state index in [-0.39, 0.29) is 11.8 Å². The zero-order valence-electron chi connectivity index (χ0n) is 11.8. The maximum absolute atomic E-state index is 12.3. The van der Waals surface area contributed by atoms with Crippen LogP contribution >= 0.6 is 11.3 Å². The Morgan fingerprint density at radius 2 is 2.38 bits per heavy atom. The maximum atomic E-state index is 12.3. The second kappa shape index (κ2) is 6.17. The minimum Gasteiger partial charge on any atom is -0.355 e. The molecule has 1 aliphatic heterocycles. The Balaban J connectivity index is 1.64. The van der Waals surface area contributed by atoms with Crippen LogP contribution in [0.15, 0.2) is 24.0 Å². The smallest absolute Gasteiger partial charge is 0.231 e. The van der Waals surface area contributed by atoms with Crippen molar-refractivity contribution in [2.45, 2.75) is 19.8 Å². The molecule has 1 atom stereocenters. The molecule has 0 saturated carbocycles. The van der Waals surface area contributed by atoms with Crippen molar-refractivity contribution >= 4 is 28.2 Å². The summed E-state index contributed by atoms with van der Waals surface area (Å²) >= 11 is 1.46. The molecule has 1 aliphatic rings. The summed E-state index contributed by atoms with van der Waals surface area (Å²) < 4.78 is 0. The van der Waals surface area contributed by atoms with Crippen molar-refractivity contribution in [3.63, 3.8) is 0 Å². The van der Waals surface area contributed by atoms with E-state index in [0.717, 1.165) is 30.9 Å². The Morgan fingerprint density at radius 3 is 3.10 bits per heavy atom. The van der Waals surface area contributed by atoms with E-state index < -0.39 is 0 Å². The van der Waals surface area contributed by atoms with Crippen LogP contribution in [-0.2, 0) is 4.79 Å². The standard InChI is InChI=1S/C14H17N5OS/c1-10-9-21-14(17-10)18-13(20)11-3-2-6-19(8-11)12-7-15-4-5-16-12/h4-5,7,9,11H,2-3,6,8H2,1H3,(H,17,18,20). The topological polar surface area (TPSA) is 71.0 Å². The first-order valence-electron chi connectivity index (χ1n) is 6.96. The Hall–Kier alpha value is -2.02. The van der Waals surface area contributed by atoms with E-state index >= 15 is 0 Å². The summed E-state index contributed by atoms with van der Waals surface area (Å²) in [5.41, 5.74) is 0.931. The van der Waals surface area contributed by atoms with Gasteiger partial charge in [-0.15, -0.1) is 11.3 Å². The molecule has 1 fully saturated rings. The number of hydrogen-bond acceptors (Lipinski definition) is 6. The van der Waals surface area contributed by atoms with Crippen molar-refractivity contribution in [2.75, 3.05) is 23.3 Å². The summed E-state index contributed by atoms with van der Waals surface area (Å²) in [5.74, 6) is 0.836. The fraction of sp³-hybridized carbons (Fsp3) is 0.429. The van der Waals surface area contributed by atoms with Gasteiger partial charge in [0.1, 0.15) is 5.82 Å². The molecule has 2 aromatic rings. The molecule has 1 saturated heterocycles. The molecule has 1 unspecified atom stereocenters. The molecule has 7 heteroatoms. The third-order valence-electron chi connectivity index (χ3n) is 3.51. The van der Waals surface area contributed by atoms with E-state index in [9.17, 15) is 4.79 Å². The minimum absolute atomic E-state index is 0.0371. The highest BCUT2D eigenvalue weighted by Crippen LogP contribution is 2.23. The average Bonchev–Trinajstić information content (AvgIpc) is 2.93. The first-order valence-corrected chi connectivity index (χ1v) is 7.84. The van der Waals surface area contributed by atoms with Crippen LogP contribution < -0.4 is 10.2 Å². The average molecular weight is 303 g/mol. The van der Waals surface area contributed by atoms with Crippen molar-refractivity contribution < 1.29 is 4.79 Å². The highest BCUT2D eigenvalue weighted by Gasteiger charge is 2.27. The van der Waals surface area contributed by atoms with Gasteiger partial charge in [-0.3, -0.25) is 9.78 Å². The van der Waals surface area contributed by atoms with Gasteiger partial charge in [-0.05, 0) is 19.8 Å². The number of hydrogen-bond donors (Lipinski definition) is 1. The van der Waals surface area contributed by atoms with E-state index in [1.54, 1.807) is 18.6 Å². The van der Waals surface area contributed by atoms with Crippen molar-refractivity contribution in [1.29, 1.82) is 0 Å². The Morgan fingerprint density at radius 1 is 1.48 bits per heavy atom. The molecule has 0 aromatic carbocycles. The molecule has 0 aliphatic carbocycles. The fourth-order valence-electron chi connectivity index (χ4n) is 2.47. The number of aryl methyl sites for hydroxylation is 1. The summed E-state index contributed by atoms with van der Waals surface area (Å²) in [6, 6.07) is 0. The van der Waals surface area contributed by atoms with E-state index in [2.05, 4.69) is 25.2 Å². The van der Waals surface area contributed by atoms with Crippen LogP contribution in [0.4, 0.5) is 10.9 Å². The maximum Gasteiger partial charge on any atom is 0.231 e. The summed E-state index contributed by atoms with van der Waals surface area (Å²) in [6.07, 6.45) is 6.95. The van der Waals surface area contributed by atoms with Crippen LogP contribution in [-0.4, -0.2) is 33.9 Å². The number of amides is 1. The number of thiazole rings is 1. The molecule has 0 spiro atoms. The predicted octanol–water partition coefficient (Wildman–Crippen LogP) is 2.10. The van der Waals surface area contributed by atoms with Gasteiger partial charge in [0, 0.05) is 30.9 Å². The molecule has 1 amide bonds. The first kappa shape index (κ1) is 13.9. The van der Waals surface area contributed by atoms with E-state index in [1.807, 2.05) is 12.3 Å². The van der Waals surface area contributed by atoms with Crippen LogP contribution in [0, 0.1) is 12.8 Å². The Bertz CT molecular complexity index is 615. The highest BCUT2D eigenvalue weighted by molar-refractivity contribution is 7.13. The largest absolute Gasteiger partial charge is 0.355 e. The third kappa shape index (κ3) is 3.36. The molecule has 0 bridgehead atoms. The summed E-state index contributed by atoms with van der Waals surface area (Å²) in [7, 11) is 0. The van der Waals surface area contributed by atoms with Crippen LogP contribution in [0.5, 0.6) is 0 Å². The van der Waals surface area contributed by atoms with Crippen LogP contribution in [0.25, 0.3) is 0 Å². The van der Waals surface area contributed by atoms with Gasteiger partial charge in [0.05, 0.1) is 17.8 Å². The predicted molar refractivity (Wildman–Crippen MR) is 82.4 cm³/mol. The van der Waals surface area contributed by atoms with Gasteiger partial charge >= 0.3 is 0 Å². The SMILES string of the molecule is Cc1csc(NC(=O)C2CCCN(c3cnccn3)C2)n1. The molecule has 6 nitrogen and oxygen atoms in total. The molecule has 3 rings (SSSR count). The molecule has 21 heavy (non-hydrogen) atoms. The van der Waals surface area contributed by atoms with Crippen molar-refractivity contribution in [3.8, 4) is 0 Å². The molecule has 110 valence electrons. The number of nitrogens with one attached hydrogen (secondary N) is 1. The second-order valence-electron chi connectivity index (χ2n) is 5.13. The van der Waals surface area contributed by atoms with Crippen molar-refractivity contribution in [2.24, 2.45) is 5.92 Å². The lowest BCUT2D eigenvalue weighted by Crippen LogP contribution is -2.41. The number of rotatable bonds is 3. The summed E-state index contributed by atoms with van der Waals surface area (Å²) in [5, 5.41) is 5.52. The lowest BCUT2D eigenvalue weighted by molar-refractivity contribution is -0.120. The van der Waals surface area contributed by atoms with Crippen LogP contribution in [0.1, 0.15) is 18.5 Å². The Labute approximate surface area is 127 Å². The molecular weight excluding hydrogens is 286 g/mol. The number of carbonyl (C=O) groups excluding carboxylic acids is 1. The monoisotopic (exact) mass is 303 g/mol. The van der Waals surface area contributed by atoms with Crippen molar-refractivity contribution in [1.82, 2.24) is 15.0 Å². The third-order valence-corrected chi connectivity index (χ3v) is 4.39. The molecule has 1 N–H and O–H groups in total. The highest BCUT2D eigenvalue weighted by atomic mass is 32.1. The van der Waals surface area contributed by atoms with Gasteiger partial charge < -0.3 is 10.2 Å². The molecule has 0 radical (unpaired) electrons. The molecule has 3 heterocycles. The lowest BCUT2D eigenvalue weighted by Gasteiger charge is -2.32. The van der Waals surface area contributed by atoms with Gasteiger partial charge in [-0.1, -0.05) is 0 Å². The number of piperidine rings is 1. The first-order chi connectivity index (χ1) is 10.2. The van der Waals surface area contributed by atoms with E-state index in [0.29, 0.717) is 11.7 Å². The van der Waals surface area contributed by atoms with E-state index in [4.69, 9.17) is 0 Å². The van der Waals surface area contributed by atoms with Gasteiger partial charge in [0.15, 0.2) is 5.13 Å². The normalized spacial score (nSPS) is 18.5. The number of nitrogens with zero attached hydrogens (tertiary/aromatic N) is 4. The zero-order valence-corrected chi connectivity index (χ0v) is 12.6. The summed E-state index contributed by atoms with van der Waals surface area (Å²) in [4.78, 5) is 27.1. The number of anilines is 2.